The van der Waals surface area contributed by atoms with Crippen molar-refractivity contribution >= 4 is 23.2 Å². The van der Waals surface area contributed by atoms with Crippen molar-refractivity contribution < 1.29 is 33.9 Å². The number of ether oxygens (including phenoxy) is 2. The molecule has 0 atom stereocenters. The highest BCUT2D eigenvalue weighted by Gasteiger charge is 2.29. The molecule has 1 aliphatic heterocycles. The highest BCUT2D eigenvalue weighted by molar-refractivity contribution is 6.07. The monoisotopic (exact) mass is 549 g/mol. The fourth-order valence-electron chi connectivity index (χ4n) is 3.62. The molecule has 3 aromatic carbocycles. The van der Waals surface area contributed by atoms with Gasteiger partial charge in [0.15, 0.2) is 5.78 Å². The minimum absolute atomic E-state index is 0.0493. The number of morpholine rings is 1. The summed E-state index contributed by atoms with van der Waals surface area (Å²) in [6, 6.07) is 15.0. The first-order chi connectivity index (χ1) is 19.2. The first-order valence-corrected chi connectivity index (χ1v) is 11.9. The summed E-state index contributed by atoms with van der Waals surface area (Å²) in [6.07, 6.45) is 3.04. The van der Waals surface area contributed by atoms with E-state index in [2.05, 4.69) is 5.28 Å². The van der Waals surface area contributed by atoms with Crippen molar-refractivity contribution in [2.75, 3.05) is 26.3 Å². The van der Waals surface area contributed by atoms with E-state index >= 15 is 0 Å². The third-order valence-corrected chi connectivity index (χ3v) is 5.72. The van der Waals surface area contributed by atoms with Crippen LogP contribution < -0.4 is 9.57 Å². The van der Waals surface area contributed by atoms with E-state index in [4.69, 9.17) is 14.3 Å². The van der Waals surface area contributed by atoms with Crippen molar-refractivity contribution in [2.24, 2.45) is 5.28 Å². The summed E-state index contributed by atoms with van der Waals surface area (Å²) < 4.78 is 10.8. The van der Waals surface area contributed by atoms with Gasteiger partial charge in [-0.15, -0.1) is 5.01 Å². The van der Waals surface area contributed by atoms with E-state index < -0.39 is 32.7 Å². The SMILES string of the molecule is Cc1ccc(/C=C/C(=O)c2cccc(Oc3cc(O/N=[N+](\[O-])N4CCOCC4)c([N+](=O)[O-])cc3[N+](=O)[O-])c2)cc1. The topological polar surface area (TPSA) is 173 Å². The van der Waals surface area contributed by atoms with Gasteiger partial charge >= 0.3 is 11.4 Å². The Bertz CT molecular complexity index is 1480. The van der Waals surface area contributed by atoms with Crippen LogP contribution in [0.2, 0.25) is 0 Å². The number of hydrazine groups is 1. The van der Waals surface area contributed by atoms with Gasteiger partial charge in [0.1, 0.15) is 24.9 Å². The lowest BCUT2D eigenvalue weighted by atomic mass is 10.1. The Morgan fingerprint density at radius 1 is 0.950 bits per heavy atom. The second-order valence-electron chi connectivity index (χ2n) is 8.53. The molecule has 0 amide bonds. The fourth-order valence-corrected chi connectivity index (χ4v) is 3.62. The van der Waals surface area contributed by atoms with Gasteiger partial charge in [-0.05, 0) is 30.7 Å². The third-order valence-electron chi connectivity index (χ3n) is 5.72. The molecule has 0 spiro atoms. The van der Waals surface area contributed by atoms with Gasteiger partial charge in [0.05, 0.1) is 28.0 Å². The number of hydrogen-bond donors (Lipinski definition) is 0. The number of allylic oxidation sites excluding steroid dienone is 1. The van der Waals surface area contributed by atoms with Crippen molar-refractivity contribution in [2.45, 2.75) is 6.92 Å². The summed E-state index contributed by atoms with van der Waals surface area (Å²) in [4.78, 5) is 39.3. The van der Waals surface area contributed by atoms with Crippen molar-refractivity contribution in [3.8, 4) is 17.2 Å². The van der Waals surface area contributed by atoms with E-state index in [1.807, 2.05) is 31.2 Å². The third kappa shape index (κ3) is 6.93. The molecule has 0 bridgehead atoms. The highest BCUT2D eigenvalue weighted by atomic mass is 16.7. The predicted octanol–water partition coefficient (Wildman–Crippen LogP) is 5.00. The zero-order valence-electron chi connectivity index (χ0n) is 21.2. The minimum atomic E-state index is -0.912. The summed E-state index contributed by atoms with van der Waals surface area (Å²) in [5.74, 6) is -1.28. The molecule has 14 heteroatoms. The van der Waals surface area contributed by atoms with Gasteiger partial charge in [-0.2, -0.15) is 0 Å². The van der Waals surface area contributed by atoms with Crippen LogP contribution in [0, 0.1) is 32.4 Å². The van der Waals surface area contributed by atoms with Crippen LogP contribution in [-0.2, 0) is 4.74 Å². The normalized spacial score (nSPS) is 13.7. The molecule has 0 saturated carbocycles. The second kappa shape index (κ2) is 12.4. The number of aryl methyl sites for hydroxylation is 1. The molecule has 40 heavy (non-hydrogen) atoms. The molecule has 0 radical (unpaired) electrons. The maximum atomic E-state index is 12.7. The molecule has 0 unspecified atom stereocenters. The number of ketones is 1. The predicted molar refractivity (Wildman–Crippen MR) is 140 cm³/mol. The van der Waals surface area contributed by atoms with Crippen LogP contribution in [-0.4, -0.2) is 51.9 Å². The largest absolute Gasteiger partial charge is 0.569 e. The first kappa shape index (κ1) is 27.7. The number of nitro groups is 2. The molecule has 1 fully saturated rings. The summed E-state index contributed by atoms with van der Waals surface area (Å²) in [5.41, 5.74) is 0.615. The molecule has 0 aliphatic carbocycles. The Morgan fingerprint density at radius 3 is 2.30 bits per heavy atom. The molecular formula is C26H23N5O9. The average molecular weight is 549 g/mol. The molecule has 3 aromatic rings. The average Bonchev–Trinajstić information content (AvgIpc) is 2.95. The lowest BCUT2D eigenvalue weighted by Crippen LogP contribution is -2.40. The molecule has 1 saturated heterocycles. The van der Waals surface area contributed by atoms with E-state index in [1.165, 1.54) is 29.3 Å². The standard InChI is InChI=1S/C26H23N5O9/c1-18-5-7-19(8-6-18)9-10-24(32)20-3-2-4-21(15-20)39-25-17-26(23(30(35)36)16-22(25)29(33)34)40-27-31(37)28-11-13-38-14-12-28/h2-10,15-17H,11-14H2,1H3/b10-9+,31-27-. The quantitative estimate of drug-likeness (QED) is 0.0836. The zero-order chi connectivity index (χ0) is 28.6. The van der Waals surface area contributed by atoms with E-state index in [-0.39, 0.29) is 48.4 Å². The molecular weight excluding hydrogens is 526 g/mol. The van der Waals surface area contributed by atoms with Crippen LogP contribution in [0.3, 0.4) is 0 Å². The lowest BCUT2D eigenvalue weighted by molar-refractivity contribution is -0.710. The number of rotatable bonds is 10. The summed E-state index contributed by atoms with van der Waals surface area (Å²) in [5, 5.41) is 40.0. The smallest absolute Gasteiger partial charge is 0.321 e. The zero-order valence-corrected chi connectivity index (χ0v) is 21.2. The van der Waals surface area contributed by atoms with Crippen molar-refractivity contribution in [3.05, 3.63) is 109 Å². The summed E-state index contributed by atoms with van der Waals surface area (Å²) in [7, 11) is 0. The summed E-state index contributed by atoms with van der Waals surface area (Å²) >= 11 is 0. The van der Waals surface area contributed by atoms with Gasteiger partial charge in [-0.25, -0.2) is 0 Å². The van der Waals surface area contributed by atoms with Crippen LogP contribution in [0.4, 0.5) is 11.4 Å². The van der Waals surface area contributed by atoms with Gasteiger partial charge in [-0.1, -0.05) is 48.0 Å². The van der Waals surface area contributed by atoms with Crippen LogP contribution in [0.25, 0.3) is 6.08 Å². The number of nitrogens with zero attached hydrogens (tertiary/aromatic N) is 5. The second-order valence-corrected chi connectivity index (χ2v) is 8.53. The van der Waals surface area contributed by atoms with Crippen molar-refractivity contribution in [3.63, 3.8) is 0 Å². The van der Waals surface area contributed by atoms with Crippen LogP contribution in [0.5, 0.6) is 17.2 Å². The number of nitro benzene ring substituents is 2. The number of carbonyl (C=O) groups excluding carboxylic acids is 1. The van der Waals surface area contributed by atoms with Gasteiger partial charge in [0, 0.05) is 11.6 Å². The summed E-state index contributed by atoms with van der Waals surface area (Å²) in [6.45, 7) is 2.97. The van der Waals surface area contributed by atoms with E-state index in [0.717, 1.165) is 17.2 Å². The molecule has 1 aliphatic rings. The Labute approximate surface area is 227 Å². The van der Waals surface area contributed by atoms with Gasteiger partial charge in [-0.3, -0.25) is 29.9 Å². The Morgan fingerprint density at radius 2 is 1.62 bits per heavy atom. The van der Waals surface area contributed by atoms with Crippen LogP contribution >= 0.6 is 0 Å². The molecule has 14 nitrogen and oxygen atoms in total. The Kier molecular flexibility index (Phi) is 8.61. The maximum Gasteiger partial charge on any atom is 0.321 e. The van der Waals surface area contributed by atoms with Crippen LogP contribution in [0.1, 0.15) is 21.5 Å². The fraction of sp³-hybridized carbons (Fsp3) is 0.192. The number of benzene rings is 3. The highest BCUT2D eigenvalue weighted by Crippen LogP contribution is 2.41. The first-order valence-electron chi connectivity index (χ1n) is 11.9. The number of hydrogen-bond acceptors (Lipinski definition) is 10. The Balaban J connectivity index is 1.60. The van der Waals surface area contributed by atoms with E-state index in [1.54, 1.807) is 12.1 Å². The van der Waals surface area contributed by atoms with Gasteiger partial charge in [0.2, 0.25) is 16.8 Å². The van der Waals surface area contributed by atoms with E-state index in [0.29, 0.717) is 6.07 Å². The molecule has 1 heterocycles. The molecule has 206 valence electrons. The molecule has 0 aromatic heterocycles. The molecule has 0 N–H and O–H groups in total. The Hall–Kier alpha value is -5.37. The molecule has 4 rings (SSSR count). The lowest BCUT2D eigenvalue weighted by Gasteiger charge is -2.21. The van der Waals surface area contributed by atoms with Crippen molar-refractivity contribution in [1.29, 1.82) is 0 Å². The van der Waals surface area contributed by atoms with Gasteiger partial charge < -0.3 is 14.7 Å². The van der Waals surface area contributed by atoms with Gasteiger partial charge in [0.25, 0.3) is 0 Å². The van der Waals surface area contributed by atoms with Crippen molar-refractivity contribution in [1.82, 2.24) is 5.01 Å². The minimum Gasteiger partial charge on any atom is -0.569 e. The van der Waals surface area contributed by atoms with E-state index in [9.17, 15) is 30.2 Å². The van der Waals surface area contributed by atoms with Crippen LogP contribution in [0.15, 0.2) is 72.0 Å². The maximum absolute atomic E-state index is 12.7. The number of carbonyl (C=O) groups is 1.